The van der Waals surface area contributed by atoms with Crippen molar-refractivity contribution in [1.82, 2.24) is 9.78 Å². The molecule has 0 aliphatic carbocycles. The topological polar surface area (TPSA) is 61.0 Å². The van der Waals surface area contributed by atoms with Gasteiger partial charge in [0, 0.05) is 29.9 Å². The van der Waals surface area contributed by atoms with Crippen LogP contribution in [0.25, 0.3) is 10.9 Å². The van der Waals surface area contributed by atoms with Crippen LogP contribution >= 0.6 is 11.6 Å². The summed E-state index contributed by atoms with van der Waals surface area (Å²) in [7, 11) is 0. The molecule has 1 aromatic carbocycles. The number of aryl methyl sites for hydroxylation is 1. The van der Waals surface area contributed by atoms with E-state index in [1.807, 2.05) is 4.68 Å². The molecule has 0 fully saturated rings. The van der Waals surface area contributed by atoms with E-state index >= 15 is 0 Å². The lowest BCUT2D eigenvalue weighted by molar-refractivity contribution is -0.384. The van der Waals surface area contributed by atoms with Crippen molar-refractivity contribution < 1.29 is 4.92 Å². The number of non-ortho nitro benzene ring substituents is 1. The average molecular weight is 254 g/mol. The number of fused-ring (bicyclic) bond motifs is 1. The largest absolute Gasteiger partial charge is 0.270 e. The van der Waals surface area contributed by atoms with Crippen LogP contribution in [-0.2, 0) is 6.54 Å². The predicted octanol–water partition coefficient (Wildman–Crippen LogP) is 2.96. The molecule has 0 atom stereocenters. The summed E-state index contributed by atoms with van der Waals surface area (Å²) in [6, 6.07) is 4.78. The maximum Gasteiger partial charge on any atom is 0.270 e. The molecule has 0 radical (unpaired) electrons. The third-order valence-corrected chi connectivity index (χ3v) is 2.86. The first-order valence-corrected chi connectivity index (χ1v) is 5.92. The molecule has 1 heterocycles. The molecule has 0 saturated carbocycles. The third kappa shape index (κ3) is 2.55. The highest BCUT2D eigenvalue weighted by atomic mass is 35.5. The summed E-state index contributed by atoms with van der Waals surface area (Å²) in [5.41, 5.74) is 1.02. The van der Waals surface area contributed by atoms with Gasteiger partial charge in [-0.15, -0.1) is 11.6 Å². The SMILES string of the molecule is O=[N+]([O-])c1ccc2c(cnn2CCCCCl)c1. The van der Waals surface area contributed by atoms with Crippen LogP contribution in [-0.4, -0.2) is 20.6 Å². The Bertz CT molecular complexity index is 538. The molecule has 1 aromatic heterocycles. The van der Waals surface area contributed by atoms with Crippen molar-refractivity contribution in [2.75, 3.05) is 5.88 Å². The van der Waals surface area contributed by atoms with Gasteiger partial charge in [-0.3, -0.25) is 14.8 Å². The van der Waals surface area contributed by atoms with Crippen molar-refractivity contribution in [3.05, 3.63) is 34.5 Å². The predicted molar refractivity (Wildman–Crippen MR) is 66.3 cm³/mol. The molecule has 5 nitrogen and oxygen atoms in total. The van der Waals surface area contributed by atoms with E-state index in [4.69, 9.17) is 11.6 Å². The van der Waals surface area contributed by atoms with Crippen LogP contribution in [0.15, 0.2) is 24.4 Å². The Morgan fingerprint density at radius 2 is 2.24 bits per heavy atom. The van der Waals surface area contributed by atoms with Crippen LogP contribution in [0.3, 0.4) is 0 Å². The van der Waals surface area contributed by atoms with E-state index in [2.05, 4.69) is 5.10 Å². The minimum absolute atomic E-state index is 0.0952. The Morgan fingerprint density at radius 1 is 1.41 bits per heavy atom. The molecule has 17 heavy (non-hydrogen) atoms. The number of aromatic nitrogens is 2. The van der Waals surface area contributed by atoms with Crippen molar-refractivity contribution in [2.24, 2.45) is 0 Å². The number of nitro groups is 1. The molecule has 0 aliphatic heterocycles. The van der Waals surface area contributed by atoms with Crippen molar-refractivity contribution in [3.63, 3.8) is 0 Å². The highest BCUT2D eigenvalue weighted by Gasteiger charge is 2.09. The average Bonchev–Trinajstić information content (AvgIpc) is 2.72. The fourth-order valence-electron chi connectivity index (χ4n) is 1.72. The standard InChI is InChI=1S/C11H12ClN3O2/c12-5-1-2-6-14-11-4-3-10(15(16)17)7-9(11)8-13-14/h3-4,7-8H,1-2,5-6H2. The third-order valence-electron chi connectivity index (χ3n) is 2.59. The van der Waals surface area contributed by atoms with E-state index in [-0.39, 0.29) is 5.69 Å². The Morgan fingerprint density at radius 3 is 2.94 bits per heavy atom. The van der Waals surface area contributed by atoms with Gasteiger partial charge >= 0.3 is 0 Å². The van der Waals surface area contributed by atoms with Crippen molar-refractivity contribution in [2.45, 2.75) is 19.4 Å². The minimum atomic E-state index is -0.399. The second-order valence-electron chi connectivity index (χ2n) is 3.76. The highest BCUT2D eigenvalue weighted by molar-refractivity contribution is 6.17. The summed E-state index contributed by atoms with van der Waals surface area (Å²) < 4.78 is 1.85. The Balaban J connectivity index is 2.25. The van der Waals surface area contributed by atoms with Gasteiger partial charge in [-0.2, -0.15) is 5.10 Å². The van der Waals surface area contributed by atoms with Crippen LogP contribution < -0.4 is 0 Å². The lowest BCUT2D eigenvalue weighted by atomic mass is 10.2. The molecular formula is C11H12ClN3O2. The molecule has 2 rings (SSSR count). The second kappa shape index (κ2) is 5.14. The number of rotatable bonds is 5. The van der Waals surface area contributed by atoms with Gasteiger partial charge in [0.15, 0.2) is 0 Å². The summed E-state index contributed by atoms with van der Waals surface area (Å²) in [6.45, 7) is 0.786. The normalized spacial score (nSPS) is 10.9. The number of alkyl halides is 1. The summed E-state index contributed by atoms with van der Waals surface area (Å²) in [5.74, 6) is 0.644. The summed E-state index contributed by atoms with van der Waals surface area (Å²) in [4.78, 5) is 10.2. The summed E-state index contributed by atoms with van der Waals surface area (Å²) in [5, 5.41) is 15.6. The molecule has 2 aromatic rings. The maximum atomic E-state index is 10.6. The number of unbranched alkanes of at least 4 members (excludes halogenated alkanes) is 1. The smallest absolute Gasteiger partial charge is 0.265 e. The van der Waals surface area contributed by atoms with E-state index in [0.29, 0.717) is 5.88 Å². The van der Waals surface area contributed by atoms with E-state index in [9.17, 15) is 10.1 Å². The maximum absolute atomic E-state index is 10.6. The van der Waals surface area contributed by atoms with Gasteiger partial charge in [0.2, 0.25) is 0 Å². The molecule has 0 N–H and O–H groups in total. The summed E-state index contributed by atoms with van der Waals surface area (Å²) >= 11 is 5.61. The van der Waals surface area contributed by atoms with Gasteiger partial charge < -0.3 is 0 Å². The van der Waals surface area contributed by atoms with Crippen molar-refractivity contribution >= 4 is 28.2 Å². The number of halogens is 1. The first-order chi connectivity index (χ1) is 8.22. The van der Waals surface area contributed by atoms with Gasteiger partial charge in [0.25, 0.3) is 5.69 Å². The summed E-state index contributed by atoms with van der Waals surface area (Å²) in [6.07, 6.45) is 3.55. The number of nitro benzene ring substituents is 1. The molecule has 0 unspecified atom stereocenters. The van der Waals surface area contributed by atoms with E-state index in [1.165, 1.54) is 6.07 Å². The lowest BCUT2D eigenvalue weighted by Crippen LogP contribution is -2.00. The molecule has 0 amide bonds. The highest BCUT2D eigenvalue weighted by Crippen LogP contribution is 2.20. The fourth-order valence-corrected chi connectivity index (χ4v) is 1.91. The molecule has 0 saturated heterocycles. The first-order valence-electron chi connectivity index (χ1n) is 5.38. The molecular weight excluding hydrogens is 242 g/mol. The van der Waals surface area contributed by atoms with Gasteiger partial charge in [-0.05, 0) is 18.9 Å². The fraction of sp³-hybridized carbons (Fsp3) is 0.364. The van der Waals surface area contributed by atoms with E-state index in [0.717, 1.165) is 30.3 Å². The van der Waals surface area contributed by atoms with Gasteiger partial charge in [-0.25, -0.2) is 0 Å². The quantitative estimate of drug-likeness (QED) is 0.356. The minimum Gasteiger partial charge on any atom is -0.265 e. The van der Waals surface area contributed by atoms with Crippen molar-refractivity contribution in [3.8, 4) is 0 Å². The first kappa shape index (κ1) is 11.9. The molecule has 0 aliphatic rings. The van der Waals surface area contributed by atoms with Gasteiger partial charge in [0.1, 0.15) is 0 Å². The number of hydrogen-bond acceptors (Lipinski definition) is 3. The van der Waals surface area contributed by atoms with E-state index < -0.39 is 4.92 Å². The van der Waals surface area contributed by atoms with Crippen molar-refractivity contribution in [1.29, 1.82) is 0 Å². The lowest BCUT2D eigenvalue weighted by Gasteiger charge is -2.01. The number of nitrogens with zero attached hydrogens (tertiary/aromatic N) is 3. The van der Waals surface area contributed by atoms with E-state index in [1.54, 1.807) is 18.3 Å². The number of benzene rings is 1. The van der Waals surface area contributed by atoms with Gasteiger partial charge in [-0.1, -0.05) is 0 Å². The molecule has 0 bridgehead atoms. The Labute approximate surface area is 103 Å². The molecule has 90 valence electrons. The second-order valence-corrected chi connectivity index (χ2v) is 4.14. The van der Waals surface area contributed by atoms with Crippen LogP contribution in [0, 0.1) is 10.1 Å². The molecule has 6 heteroatoms. The zero-order chi connectivity index (χ0) is 12.3. The van der Waals surface area contributed by atoms with Crippen LogP contribution in [0.4, 0.5) is 5.69 Å². The van der Waals surface area contributed by atoms with Crippen LogP contribution in [0.1, 0.15) is 12.8 Å². The zero-order valence-corrected chi connectivity index (χ0v) is 9.93. The van der Waals surface area contributed by atoms with Crippen LogP contribution in [0.2, 0.25) is 0 Å². The monoisotopic (exact) mass is 253 g/mol. The Kier molecular flexibility index (Phi) is 3.58. The number of hydrogen-bond donors (Lipinski definition) is 0. The zero-order valence-electron chi connectivity index (χ0n) is 9.17. The molecule has 0 spiro atoms. The Hall–Kier alpha value is -1.62. The van der Waals surface area contributed by atoms with Gasteiger partial charge in [0.05, 0.1) is 16.6 Å². The van der Waals surface area contributed by atoms with Crippen LogP contribution in [0.5, 0.6) is 0 Å².